The summed E-state index contributed by atoms with van der Waals surface area (Å²) in [6.07, 6.45) is 4.60. The fourth-order valence-corrected chi connectivity index (χ4v) is 1.46. The standard InChI is InChI=1S/C15H14N2O2/c16-14-8-6-12(10-17-14)7-9-15(18)19-11-13-4-2-1-3-5-13/h1-10H,11H2,(H2,16,17)/b9-7+. The molecule has 0 saturated carbocycles. The number of nitrogen functional groups attached to an aromatic ring is 1. The van der Waals surface area contributed by atoms with Crippen LogP contribution in [0.15, 0.2) is 54.7 Å². The van der Waals surface area contributed by atoms with Crippen LogP contribution in [0.1, 0.15) is 11.1 Å². The third-order valence-corrected chi connectivity index (χ3v) is 2.45. The Bertz CT molecular complexity index is 562. The molecule has 0 aliphatic carbocycles. The predicted octanol–water partition coefficient (Wildman–Crippen LogP) is 2.42. The van der Waals surface area contributed by atoms with E-state index in [2.05, 4.69) is 4.98 Å². The molecule has 0 aliphatic heterocycles. The van der Waals surface area contributed by atoms with E-state index < -0.39 is 0 Å². The monoisotopic (exact) mass is 254 g/mol. The Morgan fingerprint density at radius 3 is 2.68 bits per heavy atom. The van der Waals surface area contributed by atoms with E-state index in [0.29, 0.717) is 5.82 Å². The summed E-state index contributed by atoms with van der Waals surface area (Å²) < 4.78 is 5.10. The molecule has 0 spiro atoms. The number of esters is 1. The predicted molar refractivity (Wildman–Crippen MR) is 73.9 cm³/mol. The maximum atomic E-state index is 11.5. The van der Waals surface area contributed by atoms with Crippen molar-refractivity contribution < 1.29 is 9.53 Å². The smallest absolute Gasteiger partial charge is 0.331 e. The lowest BCUT2D eigenvalue weighted by molar-refractivity contribution is -0.138. The molecule has 4 nitrogen and oxygen atoms in total. The average molecular weight is 254 g/mol. The van der Waals surface area contributed by atoms with Crippen LogP contribution in [0, 0.1) is 0 Å². The molecule has 96 valence electrons. The second kappa shape index (κ2) is 6.35. The molecule has 1 heterocycles. The molecule has 1 aromatic carbocycles. The van der Waals surface area contributed by atoms with Crippen LogP contribution >= 0.6 is 0 Å². The Morgan fingerprint density at radius 1 is 1.21 bits per heavy atom. The molecular formula is C15H14N2O2. The van der Waals surface area contributed by atoms with Gasteiger partial charge in [-0.1, -0.05) is 30.3 Å². The van der Waals surface area contributed by atoms with Gasteiger partial charge in [-0.3, -0.25) is 0 Å². The summed E-state index contributed by atoms with van der Waals surface area (Å²) in [6, 6.07) is 13.0. The topological polar surface area (TPSA) is 65.2 Å². The molecule has 0 amide bonds. The van der Waals surface area contributed by atoms with E-state index in [9.17, 15) is 4.79 Å². The van der Waals surface area contributed by atoms with Crippen LogP contribution in [0.3, 0.4) is 0 Å². The molecule has 0 bridgehead atoms. The molecule has 0 aliphatic rings. The number of ether oxygens (including phenoxy) is 1. The first-order valence-corrected chi connectivity index (χ1v) is 5.84. The second-order valence-corrected chi connectivity index (χ2v) is 3.94. The summed E-state index contributed by atoms with van der Waals surface area (Å²) in [6.45, 7) is 0.268. The number of carbonyl (C=O) groups excluding carboxylic acids is 1. The van der Waals surface area contributed by atoms with Gasteiger partial charge in [0.25, 0.3) is 0 Å². The van der Waals surface area contributed by atoms with Crippen molar-refractivity contribution in [3.63, 3.8) is 0 Å². The molecule has 2 N–H and O–H groups in total. The van der Waals surface area contributed by atoms with E-state index in [1.54, 1.807) is 24.4 Å². The molecule has 19 heavy (non-hydrogen) atoms. The Morgan fingerprint density at radius 2 is 2.00 bits per heavy atom. The van der Waals surface area contributed by atoms with Crippen molar-refractivity contribution in [3.05, 3.63) is 65.9 Å². The summed E-state index contributed by atoms with van der Waals surface area (Å²) in [5.74, 6) is 0.0597. The SMILES string of the molecule is Nc1ccc(/C=C/C(=O)OCc2ccccc2)cn1. The van der Waals surface area contributed by atoms with Crippen molar-refractivity contribution in [3.8, 4) is 0 Å². The lowest BCUT2D eigenvalue weighted by Gasteiger charge is -2.01. The van der Waals surface area contributed by atoms with E-state index >= 15 is 0 Å². The Kier molecular flexibility index (Phi) is 4.29. The van der Waals surface area contributed by atoms with Crippen LogP contribution in [0.4, 0.5) is 5.82 Å². The van der Waals surface area contributed by atoms with Crippen LogP contribution in [-0.2, 0) is 16.1 Å². The van der Waals surface area contributed by atoms with Crippen LogP contribution in [-0.4, -0.2) is 11.0 Å². The summed E-state index contributed by atoms with van der Waals surface area (Å²) in [7, 11) is 0. The normalized spacial score (nSPS) is 10.5. The molecule has 2 rings (SSSR count). The third-order valence-electron chi connectivity index (χ3n) is 2.45. The number of hydrogen-bond donors (Lipinski definition) is 1. The highest BCUT2D eigenvalue weighted by atomic mass is 16.5. The molecular weight excluding hydrogens is 240 g/mol. The highest BCUT2D eigenvalue weighted by Crippen LogP contribution is 2.04. The lowest BCUT2D eigenvalue weighted by atomic mass is 10.2. The van der Waals surface area contributed by atoms with Crippen molar-refractivity contribution in [2.45, 2.75) is 6.61 Å². The molecule has 0 atom stereocenters. The number of carbonyl (C=O) groups is 1. The van der Waals surface area contributed by atoms with Gasteiger partial charge in [-0.15, -0.1) is 0 Å². The van der Waals surface area contributed by atoms with Crippen molar-refractivity contribution in [1.29, 1.82) is 0 Å². The van der Waals surface area contributed by atoms with Gasteiger partial charge in [0.15, 0.2) is 0 Å². The first-order valence-electron chi connectivity index (χ1n) is 5.84. The zero-order valence-electron chi connectivity index (χ0n) is 10.3. The molecule has 4 heteroatoms. The highest BCUT2D eigenvalue weighted by molar-refractivity contribution is 5.86. The average Bonchev–Trinajstić information content (AvgIpc) is 2.45. The number of nitrogens with two attached hydrogens (primary N) is 1. The van der Waals surface area contributed by atoms with Crippen molar-refractivity contribution in [1.82, 2.24) is 4.98 Å². The highest BCUT2D eigenvalue weighted by Gasteiger charge is 1.98. The zero-order valence-corrected chi connectivity index (χ0v) is 10.3. The number of pyridine rings is 1. The fourth-order valence-electron chi connectivity index (χ4n) is 1.46. The third kappa shape index (κ3) is 4.27. The first-order chi connectivity index (χ1) is 9.24. The maximum absolute atomic E-state index is 11.5. The van der Waals surface area contributed by atoms with Gasteiger partial charge in [0, 0.05) is 12.3 Å². The minimum absolute atomic E-state index is 0.268. The molecule has 0 radical (unpaired) electrons. The van der Waals surface area contributed by atoms with E-state index in [0.717, 1.165) is 11.1 Å². The Hall–Kier alpha value is -2.62. The number of aromatic nitrogens is 1. The quantitative estimate of drug-likeness (QED) is 0.672. The number of anilines is 1. The van der Waals surface area contributed by atoms with Gasteiger partial charge >= 0.3 is 5.97 Å². The number of benzene rings is 1. The van der Waals surface area contributed by atoms with Gasteiger partial charge in [-0.05, 0) is 29.3 Å². The van der Waals surface area contributed by atoms with Crippen molar-refractivity contribution in [2.24, 2.45) is 0 Å². The van der Waals surface area contributed by atoms with E-state index in [-0.39, 0.29) is 12.6 Å². The summed E-state index contributed by atoms with van der Waals surface area (Å²) >= 11 is 0. The number of nitrogens with zero attached hydrogens (tertiary/aromatic N) is 1. The van der Waals surface area contributed by atoms with E-state index in [4.69, 9.17) is 10.5 Å². The van der Waals surface area contributed by atoms with E-state index in [1.807, 2.05) is 30.3 Å². The second-order valence-electron chi connectivity index (χ2n) is 3.94. The number of hydrogen-bond acceptors (Lipinski definition) is 4. The minimum atomic E-state index is -0.388. The van der Waals surface area contributed by atoms with Crippen LogP contribution < -0.4 is 5.73 Å². The Balaban J connectivity index is 1.86. The molecule has 0 saturated heterocycles. The van der Waals surface area contributed by atoms with Crippen LogP contribution in [0.5, 0.6) is 0 Å². The Labute approximate surface area is 111 Å². The lowest BCUT2D eigenvalue weighted by Crippen LogP contribution is -2.00. The first kappa shape index (κ1) is 12.8. The fraction of sp³-hybridized carbons (Fsp3) is 0.0667. The summed E-state index contributed by atoms with van der Waals surface area (Å²) in [5.41, 5.74) is 7.22. The molecule has 0 unspecified atom stereocenters. The molecule has 2 aromatic rings. The van der Waals surface area contributed by atoms with Crippen molar-refractivity contribution in [2.75, 3.05) is 5.73 Å². The van der Waals surface area contributed by atoms with Gasteiger partial charge in [0.05, 0.1) is 0 Å². The largest absolute Gasteiger partial charge is 0.458 e. The zero-order chi connectivity index (χ0) is 13.5. The summed E-state index contributed by atoms with van der Waals surface area (Å²) in [4.78, 5) is 15.4. The number of rotatable bonds is 4. The van der Waals surface area contributed by atoms with Crippen molar-refractivity contribution >= 4 is 17.9 Å². The molecule has 0 fully saturated rings. The van der Waals surface area contributed by atoms with Gasteiger partial charge in [0.1, 0.15) is 12.4 Å². The van der Waals surface area contributed by atoms with Gasteiger partial charge in [-0.2, -0.15) is 0 Å². The minimum Gasteiger partial charge on any atom is -0.458 e. The van der Waals surface area contributed by atoms with Gasteiger partial charge in [0.2, 0.25) is 0 Å². The van der Waals surface area contributed by atoms with Gasteiger partial charge in [-0.25, -0.2) is 9.78 Å². The van der Waals surface area contributed by atoms with E-state index in [1.165, 1.54) is 6.08 Å². The van der Waals surface area contributed by atoms with Crippen LogP contribution in [0.25, 0.3) is 6.08 Å². The maximum Gasteiger partial charge on any atom is 0.331 e. The van der Waals surface area contributed by atoms with Gasteiger partial charge < -0.3 is 10.5 Å². The van der Waals surface area contributed by atoms with Crippen LogP contribution in [0.2, 0.25) is 0 Å². The molecule has 1 aromatic heterocycles. The summed E-state index contributed by atoms with van der Waals surface area (Å²) in [5, 5.41) is 0.